The van der Waals surface area contributed by atoms with Crippen LogP contribution in [0.2, 0.25) is 5.82 Å². The number of hydrogen-bond donors (Lipinski definition) is 4. The van der Waals surface area contributed by atoms with Crippen LogP contribution in [0.3, 0.4) is 0 Å². The molecule has 168 valence electrons. The zero-order valence-electron chi connectivity index (χ0n) is 16.2. The predicted molar refractivity (Wildman–Crippen MR) is 125 cm³/mol. The van der Waals surface area contributed by atoms with E-state index in [0.717, 1.165) is 0 Å². The van der Waals surface area contributed by atoms with Crippen LogP contribution in [0, 0.1) is 0 Å². The summed E-state index contributed by atoms with van der Waals surface area (Å²) in [5, 5.41) is 32.5. The molecule has 13 heteroatoms. The van der Waals surface area contributed by atoms with E-state index in [0.29, 0.717) is 38.0 Å². The molecule has 0 radical (unpaired) electrons. The van der Waals surface area contributed by atoms with E-state index in [2.05, 4.69) is 5.32 Å². The number of ether oxygens (including phenoxy) is 1. The molecular weight excluding hydrogens is 637 g/mol. The normalized spacial score (nSPS) is 27.5. The van der Waals surface area contributed by atoms with Crippen molar-refractivity contribution in [2.24, 2.45) is 0 Å². The molecule has 0 spiro atoms. The lowest BCUT2D eigenvalue weighted by Crippen LogP contribution is -2.59. The maximum absolute atomic E-state index is 12.6. The number of amides is 1. The lowest BCUT2D eigenvalue weighted by Gasteiger charge is -2.40. The fourth-order valence-corrected chi connectivity index (χ4v) is 4.78. The quantitative estimate of drug-likeness (QED) is 0.249. The molecule has 1 aromatic rings. The van der Waals surface area contributed by atoms with Crippen molar-refractivity contribution in [3.05, 3.63) is 23.3 Å². The number of hydrogen-bond acceptors (Lipinski definition) is 9. The van der Waals surface area contributed by atoms with E-state index in [1.165, 1.54) is 23.0 Å². The summed E-state index contributed by atoms with van der Waals surface area (Å²) in [6.07, 6.45) is 0.822. The number of benzene rings is 1. The van der Waals surface area contributed by atoms with E-state index in [-0.39, 0.29) is 53.0 Å². The highest BCUT2D eigenvalue weighted by molar-refractivity contribution is 14.1. The molecule has 10 nitrogen and oxygen atoms in total. The Morgan fingerprint density at radius 1 is 1.16 bits per heavy atom. The number of halogens is 2. The van der Waals surface area contributed by atoms with Crippen LogP contribution in [-0.2, 0) is 10.9 Å². The van der Waals surface area contributed by atoms with Gasteiger partial charge in [-0.2, -0.15) is 0 Å². The number of aromatic hydroxyl groups is 1. The molecule has 0 aromatic heterocycles. The standard InChI is InChI=1S/C18H21BI2N2O8/c20-30-8-3-13(22-5-8)17(25)23-6-9(7-23)29-14-2-1-10(11-4-12(11)19(27)28)16(24)15(14)18(26)31-21/h1-2,8-9,11-13,22,24,27-28H,3-7H2/t8?,11-,12-,13?/m1/s1. The Morgan fingerprint density at radius 2 is 1.90 bits per heavy atom. The highest BCUT2D eigenvalue weighted by Gasteiger charge is 2.48. The summed E-state index contributed by atoms with van der Waals surface area (Å²) in [6, 6.07) is 2.92. The first-order valence-electron chi connectivity index (χ1n) is 9.85. The van der Waals surface area contributed by atoms with Gasteiger partial charge < -0.3 is 36.2 Å². The van der Waals surface area contributed by atoms with Gasteiger partial charge in [-0.15, -0.1) is 0 Å². The molecule has 0 bridgehead atoms. The van der Waals surface area contributed by atoms with Gasteiger partial charge in [-0.3, -0.25) is 4.79 Å². The van der Waals surface area contributed by atoms with Crippen LogP contribution in [0.4, 0.5) is 0 Å². The van der Waals surface area contributed by atoms with Gasteiger partial charge in [0, 0.05) is 18.8 Å². The number of carbonyl (C=O) groups excluding carboxylic acids is 2. The Hall–Kier alpha value is -0.875. The molecule has 3 aliphatic rings. The van der Waals surface area contributed by atoms with E-state index >= 15 is 0 Å². The Kier molecular flexibility index (Phi) is 7.17. The molecule has 2 saturated heterocycles. The van der Waals surface area contributed by atoms with Crippen molar-refractivity contribution < 1.29 is 35.6 Å². The van der Waals surface area contributed by atoms with Crippen molar-refractivity contribution in [3.8, 4) is 11.5 Å². The second kappa shape index (κ2) is 9.55. The van der Waals surface area contributed by atoms with Gasteiger partial charge in [-0.25, -0.2) is 4.79 Å². The van der Waals surface area contributed by atoms with Gasteiger partial charge in [0.25, 0.3) is 0 Å². The third-order valence-corrected chi connectivity index (χ3v) is 7.15. The Morgan fingerprint density at radius 3 is 2.48 bits per heavy atom. The lowest BCUT2D eigenvalue weighted by atomic mass is 9.81. The van der Waals surface area contributed by atoms with Crippen molar-refractivity contribution >= 4 is 65.0 Å². The number of nitrogens with zero attached hydrogens (tertiary/aromatic N) is 1. The average molecular weight is 658 g/mol. The van der Waals surface area contributed by atoms with Crippen molar-refractivity contribution in [1.82, 2.24) is 10.2 Å². The molecule has 4 rings (SSSR count). The summed E-state index contributed by atoms with van der Waals surface area (Å²) in [5.41, 5.74) is 0.348. The van der Waals surface area contributed by atoms with Crippen LogP contribution >= 0.6 is 46.0 Å². The van der Waals surface area contributed by atoms with Gasteiger partial charge in [0.15, 0.2) is 23.0 Å². The maximum atomic E-state index is 12.6. The Balaban J connectivity index is 1.41. The third kappa shape index (κ3) is 4.76. The lowest BCUT2D eigenvalue weighted by molar-refractivity contribution is -0.142. The zero-order chi connectivity index (χ0) is 22.3. The van der Waals surface area contributed by atoms with Gasteiger partial charge in [-0.1, -0.05) is 6.07 Å². The first-order chi connectivity index (χ1) is 14.8. The molecule has 1 aromatic carbocycles. The van der Waals surface area contributed by atoms with Crippen molar-refractivity contribution in [3.63, 3.8) is 0 Å². The minimum Gasteiger partial charge on any atom is -0.507 e. The van der Waals surface area contributed by atoms with Crippen LogP contribution in [-0.4, -0.2) is 76.9 Å². The molecule has 4 atom stereocenters. The minimum atomic E-state index is -1.48. The van der Waals surface area contributed by atoms with Gasteiger partial charge in [-0.05, 0) is 24.0 Å². The zero-order valence-corrected chi connectivity index (χ0v) is 20.6. The monoisotopic (exact) mass is 658 g/mol. The molecule has 31 heavy (non-hydrogen) atoms. The number of phenols is 1. The second-order valence-corrected chi connectivity index (χ2v) is 9.00. The molecular formula is C18H21BI2N2O8. The summed E-state index contributed by atoms with van der Waals surface area (Å²) in [7, 11) is -1.48. The van der Waals surface area contributed by atoms with E-state index in [9.17, 15) is 24.7 Å². The Labute approximate surface area is 207 Å². The summed E-state index contributed by atoms with van der Waals surface area (Å²) in [5.74, 6) is -1.51. The molecule has 1 aliphatic carbocycles. The summed E-state index contributed by atoms with van der Waals surface area (Å²) in [4.78, 5) is 26.6. The number of carbonyl (C=O) groups is 2. The number of nitrogens with one attached hydrogen (secondary N) is 1. The largest absolute Gasteiger partial charge is 0.507 e. The number of phenolic OH excluding ortho intramolecular Hbond substituents is 1. The minimum absolute atomic E-state index is 0.0109. The number of rotatable bonds is 7. The van der Waals surface area contributed by atoms with Crippen molar-refractivity contribution in [2.75, 3.05) is 19.6 Å². The molecule has 1 saturated carbocycles. The fraction of sp³-hybridized carbons (Fsp3) is 0.556. The highest BCUT2D eigenvalue weighted by Crippen LogP contribution is 2.57. The van der Waals surface area contributed by atoms with E-state index in [4.69, 9.17) is 10.9 Å². The van der Waals surface area contributed by atoms with Crippen LogP contribution in [0.1, 0.15) is 34.7 Å². The predicted octanol–water partition coefficient (Wildman–Crippen LogP) is 0.916. The first kappa shape index (κ1) is 23.3. The average Bonchev–Trinajstić information content (AvgIpc) is 3.37. The fourth-order valence-electron chi connectivity index (χ4n) is 4.18. The topological polar surface area (TPSA) is 138 Å². The van der Waals surface area contributed by atoms with Crippen molar-refractivity contribution in [1.29, 1.82) is 0 Å². The molecule has 2 aliphatic heterocycles. The molecule has 3 fully saturated rings. The molecule has 4 N–H and O–H groups in total. The Bertz CT molecular complexity index is 869. The summed E-state index contributed by atoms with van der Waals surface area (Å²) < 4.78 is 15.9. The van der Waals surface area contributed by atoms with Crippen LogP contribution in [0.5, 0.6) is 11.5 Å². The van der Waals surface area contributed by atoms with Gasteiger partial charge in [0.2, 0.25) is 5.91 Å². The van der Waals surface area contributed by atoms with Gasteiger partial charge in [0.1, 0.15) is 46.2 Å². The van der Waals surface area contributed by atoms with Crippen LogP contribution < -0.4 is 10.1 Å². The van der Waals surface area contributed by atoms with E-state index < -0.39 is 13.1 Å². The van der Waals surface area contributed by atoms with E-state index in [1.807, 2.05) is 23.0 Å². The highest BCUT2D eigenvalue weighted by atomic mass is 127. The van der Waals surface area contributed by atoms with Gasteiger partial charge >= 0.3 is 13.1 Å². The third-order valence-electron chi connectivity index (χ3n) is 6.04. The summed E-state index contributed by atoms with van der Waals surface area (Å²) >= 11 is 3.28. The van der Waals surface area contributed by atoms with Gasteiger partial charge in [0.05, 0.1) is 25.2 Å². The smallest absolute Gasteiger partial charge is 0.455 e. The summed E-state index contributed by atoms with van der Waals surface area (Å²) in [6.45, 7) is 1.38. The molecule has 2 heterocycles. The van der Waals surface area contributed by atoms with Crippen molar-refractivity contribution in [2.45, 2.75) is 42.8 Å². The number of likely N-dealkylation sites (tertiary alicyclic amines) is 1. The molecule has 1 amide bonds. The van der Waals surface area contributed by atoms with Crippen LogP contribution in [0.15, 0.2) is 12.1 Å². The van der Waals surface area contributed by atoms with Crippen LogP contribution in [0.25, 0.3) is 0 Å². The second-order valence-electron chi connectivity index (χ2n) is 8.05. The first-order valence-corrected chi connectivity index (χ1v) is 11.6. The van der Waals surface area contributed by atoms with E-state index in [1.54, 1.807) is 17.0 Å². The SMILES string of the molecule is O=C(OI)c1c(OC2CN(C(=O)C3CC(OI)CN3)C2)ccc([C@H]2C[C@H]2B(O)O)c1O. The molecule has 2 unspecified atom stereocenters. The maximum Gasteiger partial charge on any atom is 0.455 e.